The lowest BCUT2D eigenvalue weighted by Crippen LogP contribution is -2.41. The van der Waals surface area contributed by atoms with Gasteiger partial charge in [0, 0.05) is 29.7 Å². The number of benzene rings is 1. The lowest BCUT2D eigenvalue weighted by molar-refractivity contribution is 0.0690. The van der Waals surface area contributed by atoms with Crippen LogP contribution in [-0.2, 0) is 0 Å². The fourth-order valence-corrected chi connectivity index (χ4v) is 2.58. The molecule has 3 nitrogen and oxygen atoms in total. The van der Waals surface area contributed by atoms with Crippen LogP contribution in [0.25, 0.3) is 0 Å². The Labute approximate surface area is 113 Å². The lowest BCUT2D eigenvalue weighted by atomic mass is 9.90. The first-order valence-electron chi connectivity index (χ1n) is 6.36. The molecule has 1 aliphatic rings. The van der Waals surface area contributed by atoms with Gasteiger partial charge in [0.2, 0.25) is 0 Å². The molecule has 0 aromatic heterocycles. The van der Waals surface area contributed by atoms with Crippen LogP contribution in [0.2, 0.25) is 5.02 Å². The van der Waals surface area contributed by atoms with E-state index in [4.69, 9.17) is 17.3 Å². The third kappa shape index (κ3) is 3.03. The number of nitrogens with two attached hydrogens (primary N) is 1. The van der Waals surface area contributed by atoms with E-state index in [0.29, 0.717) is 22.7 Å². The zero-order valence-corrected chi connectivity index (χ0v) is 11.4. The lowest BCUT2D eigenvalue weighted by Gasteiger charge is -2.33. The van der Waals surface area contributed by atoms with Gasteiger partial charge in [-0.1, -0.05) is 11.6 Å². The van der Waals surface area contributed by atoms with Crippen molar-refractivity contribution in [2.45, 2.75) is 37.8 Å². The highest BCUT2D eigenvalue weighted by Crippen LogP contribution is 2.22. The van der Waals surface area contributed by atoms with Gasteiger partial charge < -0.3 is 10.6 Å². The molecule has 1 saturated carbocycles. The van der Waals surface area contributed by atoms with E-state index in [1.54, 1.807) is 24.3 Å². The van der Waals surface area contributed by atoms with Crippen molar-refractivity contribution < 1.29 is 4.79 Å². The number of halogens is 1. The Hall–Kier alpha value is -1.06. The van der Waals surface area contributed by atoms with Gasteiger partial charge in [-0.25, -0.2) is 0 Å². The molecule has 0 atom stereocenters. The quantitative estimate of drug-likeness (QED) is 0.895. The highest BCUT2D eigenvalue weighted by Gasteiger charge is 2.25. The largest absolute Gasteiger partial charge is 0.339 e. The second-order valence-corrected chi connectivity index (χ2v) is 5.43. The molecule has 98 valence electrons. The zero-order chi connectivity index (χ0) is 13.1. The van der Waals surface area contributed by atoms with Crippen molar-refractivity contribution in [1.82, 2.24) is 4.90 Å². The van der Waals surface area contributed by atoms with Gasteiger partial charge in [0.1, 0.15) is 0 Å². The molecule has 0 saturated heterocycles. The van der Waals surface area contributed by atoms with E-state index in [1.807, 2.05) is 11.9 Å². The second-order valence-electron chi connectivity index (χ2n) is 4.99. The van der Waals surface area contributed by atoms with Gasteiger partial charge in [-0.2, -0.15) is 0 Å². The van der Waals surface area contributed by atoms with E-state index in [2.05, 4.69) is 0 Å². The molecule has 1 fully saturated rings. The van der Waals surface area contributed by atoms with Gasteiger partial charge in [0.05, 0.1) is 0 Å². The smallest absolute Gasteiger partial charge is 0.253 e. The number of nitrogens with zero attached hydrogens (tertiary/aromatic N) is 1. The Morgan fingerprint density at radius 2 is 1.78 bits per heavy atom. The minimum Gasteiger partial charge on any atom is -0.339 e. The van der Waals surface area contributed by atoms with Crippen LogP contribution in [0, 0.1) is 0 Å². The summed E-state index contributed by atoms with van der Waals surface area (Å²) in [6, 6.07) is 7.66. The number of hydrogen-bond donors (Lipinski definition) is 1. The van der Waals surface area contributed by atoms with Gasteiger partial charge in [-0.15, -0.1) is 0 Å². The van der Waals surface area contributed by atoms with E-state index in [-0.39, 0.29) is 5.91 Å². The molecule has 0 spiro atoms. The summed E-state index contributed by atoms with van der Waals surface area (Å²) in [4.78, 5) is 14.1. The molecule has 0 heterocycles. The van der Waals surface area contributed by atoms with Crippen molar-refractivity contribution in [1.29, 1.82) is 0 Å². The molecular weight excluding hydrogens is 248 g/mol. The van der Waals surface area contributed by atoms with Crippen molar-refractivity contribution in [3.63, 3.8) is 0 Å². The van der Waals surface area contributed by atoms with E-state index < -0.39 is 0 Å². The minimum atomic E-state index is 0.0622. The molecule has 1 amide bonds. The molecule has 0 radical (unpaired) electrons. The van der Waals surface area contributed by atoms with Gasteiger partial charge in [0.25, 0.3) is 5.91 Å². The Kier molecular flexibility index (Phi) is 4.25. The van der Waals surface area contributed by atoms with Gasteiger partial charge in [-0.3, -0.25) is 4.79 Å². The summed E-state index contributed by atoms with van der Waals surface area (Å²) in [5.41, 5.74) is 6.57. The maximum Gasteiger partial charge on any atom is 0.253 e. The molecule has 1 aromatic rings. The Balaban J connectivity index is 2.02. The van der Waals surface area contributed by atoms with Crippen LogP contribution >= 0.6 is 11.6 Å². The monoisotopic (exact) mass is 266 g/mol. The number of amides is 1. The molecule has 2 N–H and O–H groups in total. The molecule has 0 aliphatic heterocycles. The van der Waals surface area contributed by atoms with Crippen LogP contribution in [0.15, 0.2) is 24.3 Å². The average Bonchev–Trinajstić information content (AvgIpc) is 2.39. The Morgan fingerprint density at radius 3 is 2.33 bits per heavy atom. The second kappa shape index (κ2) is 5.72. The molecular formula is C14H19ClN2O. The van der Waals surface area contributed by atoms with Crippen LogP contribution in [0.5, 0.6) is 0 Å². The first-order chi connectivity index (χ1) is 8.58. The average molecular weight is 267 g/mol. The van der Waals surface area contributed by atoms with Crippen molar-refractivity contribution in [2.75, 3.05) is 7.05 Å². The highest BCUT2D eigenvalue weighted by atomic mass is 35.5. The summed E-state index contributed by atoms with van der Waals surface area (Å²) in [5, 5.41) is 0.651. The van der Waals surface area contributed by atoms with Crippen LogP contribution in [0.4, 0.5) is 0 Å². The van der Waals surface area contributed by atoms with Crippen molar-refractivity contribution >= 4 is 17.5 Å². The Morgan fingerprint density at radius 1 is 1.22 bits per heavy atom. The number of carbonyl (C=O) groups is 1. The highest BCUT2D eigenvalue weighted by molar-refractivity contribution is 6.30. The molecule has 4 heteroatoms. The van der Waals surface area contributed by atoms with Crippen molar-refractivity contribution in [2.24, 2.45) is 5.73 Å². The summed E-state index contributed by atoms with van der Waals surface area (Å²) >= 11 is 5.82. The third-order valence-corrected chi connectivity index (χ3v) is 3.95. The fraction of sp³-hybridized carbons (Fsp3) is 0.500. The van der Waals surface area contributed by atoms with E-state index in [1.165, 1.54) is 0 Å². The molecule has 1 aliphatic carbocycles. The third-order valence-electron chi connectivity index (χ3n) is 3.70. The summed E-state index contributed by atoms with van der Waals surface area (Å²) in [6.07, 6.45) is 4.00. The molecule has 18 heavy (non-hydrogen) atoms. The predicted molar refractivity (Wildman–Crippen MR) is 73.8 cm³/mol. The molecule has 0 bridgehead atoms. The minimum absolute atomic E-state index is 0.0622. The number of rotatable bonds is 2. The van der Waals surface area contributed by atoms with Crippen molar-refractivity contribution in [3.05, 3.63) is 34.9 Å². The molecule has 1 aromatic carbocycles. The Bertz CT molecular complexity index is 410. The SMILES string of the molecule is CN(C(=O)c1ccc(Cl)cc1)C1CCC(N)CC1. The summed E-state index contributed by atoms with van der Waals surface area (Å²) in [6.45, 7) is 0. The maximum absolute atomic E-state index is 12.3. The summed E-state index contributed by atoms with van der Waals surface area (Å²) < 4.78 is 0. The van der Waals surface area contributed by atoms with Crippen LogP contribution in [0.1, 0.15) is 36.0 Å². The maximum atomic E-state index is 12.3. The van der Waals surface area contributed by atoms with E-state index in [9.17, 15) is 4.79 Å². The van der Waals surface area contributed by atoms with Crippen LogP contribution < -0.4 is 5.73 Å². The van der Waals surface area contributed by atoms with Crippen LogP contribution in [0.3, 0.4) is 0 Å². The van der Waals surface area contributed by atoms with Gasteiger partial charge in [0.15, 0.2) is 0 Å². The first-order valence-corrected chi connectivity index (χ1v) is 6.74. The fourth-order valence-electron chi connectivity index (χ4n) is 2.45. The summed E-state index contributed by atoms with van der Waals surface area (Å²) in [5.74, 6) is 0.0622. The standard InChI is InChI=1S/C14H19ClN2O/c1-17(13-8-6-12(16)7-9-13)14(18)10-2-4-11(15)5-3-10/h2-5,12-13H,6-9,16H2,1H3. The van der Waals surface area contributed by atoms with Gasteiger partial charge in [-0.05, 0) is 49.9 Å². The van der Waals surface area contributed by atoms with Gasteiger partial charge >= 0.3 is 0 Å². The van der Waals surface area contributed by atoms with Crippen molar-refractivity contribution in [3.8, 4) is 0 Å². The number of carbonyl (C=O) groups excluding carboxylic acids is 1. The number of hydrogen-bond acceptors (Lipinski definition) is 2. The normalized spacial score (nSPS) is 23.7. The summed E-state index contributed by atoms with van der Waals surface area (Å²) in [7, 11) is 1.87. The molecule has 2 rings (SSSR count). The van der Waals surface area contributed by atoms with E-state index >= 15 is 0 Å². The predicted octanol–water partition coefficient (Wildman–Crippen LogP) is 2.68. The first kappa shape index (κ1) is 13.4. The molecule has 0 unspecified atom stereocenters. The zero-order valence-electron chi connectivity index (χ0n) is 10.6. The topological polar surface area (TPSA) is 46.3 Å². The van der Waals surface area contributed by atoms with E-state index in [0.717, 1.165) is 25.7 Å². The van der Waals surface area contributed by atoms with Crippen LogP contribution in [-0.4, -0.2) is 29.9 Å².